The van der Waals surface area contributed by atoms with Crippen LogP contribution in [0.3, 0.4) is 0 Å². The molecular formula is C13H18N6O4. The first-order valence-corrected chi connectivity index (χ1v) is 6.58. The van der Waals surface area contributed by atoms with Gasteiger partial charge < -0.3 is 16.4 Å². The van der Waals surface area contributed by atoms with Gasteiger partial charge in [0.15, 0.2) is 0 Å². The number of carboxylic acids is 1. The van der Waals surface area contributed by atoms with Crippen LogP contribution in [0.25, 0.3) is 0 Å². The summed E-state index contributed by atoms with van der Waals surface area (Å²) in [7, 11) is 0. The Kier molecular flexibility index (Phi) is 6.15. The van der Waals surface area contributed by atoms with Gasteiger partial charge >= 0.3 is 5.97 Å². The summed E-state index contributed by atoms with van der Waals surface area (Å²) in [6.45, 7) is 3.69. The van der Waals surface area contributed by atoms with E-state index in [1.807, 2.05) is 13.8 Å². The predicted molar refractivity (Wildman–Crippen MR) is 83.7 cm³/mol. The molecular weight excluding hydrogens is 304 g/mol. The Morgan fingerprint density at radius 1 is 1.35 bits per heavy atom. The number of nitrogens with two attached hydrogens (primary N) is 2. The summed E-state index contributed by atoms with van der Waals surface area (Å²) in [5.74, 6) is 8.09. The molecule has 0 atom stereocenters. The number of aromatic nitrogens is 1. The van der Waals surface area contributed by atoms with Crippen molar-refractivity contribution in [1.82, 2.24) is 4.98 Å². The van der Waals surface area contributed by atoms with E-state index < -0.39 is 5.97 Å². The van der Waals surface area contributed by atoms with E-state index in [0.717, 1.165) is 16.8 Å². The third-order valence-corrected chi connectivity index (χ3v) is 2.81. The number of hydrazone groups is 1. The van der Waals surface area contributed by atoms with E-state index in [4.69, 9.17) is 16.8 Å². The summed E-state index contributed by atoms with van der Waals surface area (Å²) in [5.41, 5.74) is 3.05. The van der Waals surface area contributed by atoms with Gasteiger partial charge in [-0.05, 0) is 13.8 Å². The van der Waals surface area contributed by atoms with E-state index in [0.29, 0.717) is 0 Å². The number of nitrogens with one attached hydrogen (secondary N) is 1. The second-order valence-electron chi connectivity index (χ2n) is 4.74. The van der Waals surface area contributed by atoms with Crippen LogP contribution in [0.2, 0.25) is 0 Å². The number of nitrogen functional groups attached to an aromatic ring is 1. The fourth-order valence-corrected chi connectivity index (χ4v) is 1.69. The molecule has 1 aliphatic rings. The number of nitrogens with zero attached hydrogens (tertiary/aromatic N) is 3. The van der Waals surface area contributed by atoms with Crippen LogP contribution in [0.5, 0.6) is 0 Å². The minimum atomic E-state index is -1.21. The summed E-state index contributed by atoms with van der Waals surface area (Å²) >= 11 is 0. The van der Waals surface area contributed by atoms with Gasteiger partial charge in [0.25, 0.3) is 0 Å². The van der Waals surface area contributed by atoms with Crippen molar-refractivity contribution in [2.75, 3.05) is 10.3 Å². The quantitative estimate of drug-likeness (QED) is 0.262. The maximum absolute atomic E-state index is 11.5. The van der Waals surface area contributed by atoms with Crippen LogP contribution < -0.4 is 22.0 Å². The first-order chi connectivity index (χ1) is 10.8. The molecule has 1 saturated heterocycles. The lowest BCUT2D eigenvalue weighted by molar-refractivity contribution is -0.121. The monoisotopic (exact) mass is 322 g/mol. The van der Waals surface area contributed by atoms with Gasteiger partial charge in [-0.2, -0.15) is 5.10 Å². The molecule has 0 unspecified atom stereocenters. The minimum Gasteiger partial charge on any atom is -0.478 e. The van der Waals surface area contributed by atoms with Crippen molar-refractivity contribution in [2.45, 2.75) is 26.7 Å². The molecule has 0 bridgehead atoms. The molecule has 0 aromatic carbocycles. The van der Waals surface area contributed by atoms with Crippen LogP contribution in [-0.4, -0.2) is 33.6 Å². The Morgan fingerprint density at radius 2 is 1.87 bits per heavy atom. The van der Waals surface area contributed by atoms with Gasteiger partial charge in [0.1, 0.15) is 11.4 Å². The second-order valence-corrected chi connectivity index (χ2v) is 4.74. The lowest BCUT2D eigenvalue weighted by atomic mass is 10.2. The average molecular weight is 322 g/mol. The van der Waals surface area contributed by atoms with Crippen LogP contribution in [0, 0.1) is 0 Å². The first-order valence-electron chi connectivity index (χ1n) is 6.58. The van der Waals surface area contributed by atoms with E-state index in [1.54, 1.807) is 0 Å². The lowest BCUT2D eigenvalue weighted by Crippen LogP contribution is -2.29. The number of hydrazine groups is 1. The van der Waals surface area contributed by atoms with E-state index >= 15 is 0 Å². The number of rotatable bonds is 3. The van der Waals surface area contributed by atoms with E-state index in [9.17, 15) is 14.4 Å². The SMILES string of the molecule is CC(C)=NN.NNc1cc(N2C(=O)CCC2=O)ncc1C(=O)O. The zero-order valence-corrected chi connectivity index (χ0v) is 12.7. The number of amides is 2. The van der Waals surface area contributed by atoms with Crippen molar-refractivity contribution in [3.63, 3.8) is 0 Å². The molecule has 10 heteroatoms. The molecule has 10 nitrogen and oxygen atoms in total. The maximum atomic E-state index is 11.5. The number of carbonyl (C=O) groups is 3. The van der Waals surface area contributed by atoms with Gasteiger partial charge in [-0.15, -0.1) is 0 Å². The highest BCUT2D eigenvalue weighted by Crippen LogP contribution is 2.24. The normalized spacial score (nSPS) is 13.3. The van der Waals surface area contributed by atoms with Crippen molar-refractivity contribution in [2.24, 2.45) is 16.8 Å². The summed E-state index contributed by atoms with van der Waals surface area (Å²) in [4.78, 5) is 38.6. The van der Waals surface area contributed by atoms with E-state index in [2.05, 4.69) is 15.5 Å². The number of anilines is 2. The van der Waals surface area contributed by atoms with Crippen LogP contribution in [0.15, 0.2) is 17.4 Å². The van der Waals surface area contributed by atoms with Crippen LogP contribution in [0.4, 0.5) is 11.5 Å². The number of carboxylic acid groups (broad SMARTS) is 1. The largest absolute Gasteiger partial charge is 0.478 e. The molecule has 0 aliphatic carbocycles. The second kappa shape index (κ2) is 7.84. The summed E-state index contributed by atoms with van der Waals surface area (Å²) in [6, 6.07) is 1.25. The number of carbonyl (C=O) groups excluding carboxylic acids is 2. The third kappa shape index (κ3) is 4.48. The molecule has 1 aromatic heterocycles. The minimum absolute atomic E-state index is 0.0699. The molecule has 2 heterocycles. The smallest absolute Gasteiger partial charge is 0.339 e. The fraction of sp³-hybridized carbons (Fsp3) is 0.308. The highest BCUT2D eigenvalue weighted by molar-refractivity contribution is 6.19. The fourth-order valence-electron chi connectivity index (χ4n) is 1.69. The number of aromatic carboxylic acids is 1. The number of imide groups is 1. The van der Waals surface area contributed by atoms with Crippen molar-refractivity contribution >= 4 is 35.0 Å². The van der Waals surface area contributed by atoms with Crippen molar-refractivity contribution < 1.29 is 19.5 Å². The molecule has 0 saturated carbocycles. The third-order valence-electron chi connectivity index (χ3n) is 2.81. The highest BCUT2D eigenvalue weighted by atomic mass is 16.4. The van der Waals surface area contributed by atoms with Crippen LogP contribution in [0.1, 0.15) is 37.0 Å². The Hall–Kier alpha value is -3.01. The molecule has 2 amide bonds. The maximum Gasteiger partial charge on any atom is 0.339 e. The van der Waals surface area contributed by atoms with Gasteiger partial charge in [-0.25, -0.2) is 14.7 Å². The predicted octanol–water partition coefficient (Wildman–Crippen LogP) is 0.0597. The van der Waals surface area contributed by atoms with Crippen molar-refractivity contribution in [3.8, 4) is 0 Å². The lowest BCUT2D eigenvalue weighted by Gasteiger charge is -2.14. The Labute approximate surface area is 132 Å². The molecule has 0 radical (unpaired) electrons. The van der Waals surface area contributed by atoms with E-state index in [1.165, 1.54) is 6.07 Å². The molecule has 6 N–H and O–H groups in total. The number of hydrogen-bond donors (Lipinski definition) is 4. The molecule has 124 valence electrons. The zero-order chi connectivity index (χ0) is 17.6. The molecule has 2 rings (SSSR count). The van der Waals surface area contributed by atoms with Gasteiger partial charge in [-0.1, -0.05) is 0 Å². The Balaban J connectivity index is 0.000000463. The van der Waals surface area contributed by atoms with E-state index in [-0.39, 0.29) is 41.7 Å². The van der Waals surface area contributed by atoms with Gasteiger partial charge in [-0.3, -0.25) is 15.4 Å². The Morgan fingerprint density at radius 3 is 2.26 bits per heavy atom. The zero-order valence-electron chi connectivity index (χ0n) is 12.7. The van der Waals surface area contributed by atoms with Crippen LogP contribution >= 0.6 is 0 Å². The van der Waals surface area contributed by atoms with Crippen LogP contribution in [-0.2, 0) is 9.59 Å². The molecule has 23 heavy (non-hydrogen) atoms. The van der Waals surface area contributed by atoms with Gasteiger partial charge in [0.2, 0.25) is 11.8 Å². The number of hydrogen-bond acceptors (Lipinski definition) is 8. The van der Waals surface area contributed by atoms with Gasteiger partial charge in [0.05, 0.1) is 5.69 Å². The van der Waals surface area contributed by atoms with Gasteiger partial charge in [0, 0.05) is 30.8 Å². The summed E-state index contributed by atoms with van der Waals surface area (Å²) < 4.78 is 0. The Bertz CT molecular complexity index is 638. The summed E-state index contributed by atoms with van der Waals surface area (Å²) in [5, 5.41) is 12.2. The molecule has 1 fully saturated rings. The average Bonchev–Trinajstić information content (AvgIpc) is 2.86. The summed E-state index contributed by atoms with van der Waals surface area (Å²) in [6.07, 6.45) is 1.31. The molecule has 1 aliphatic heterocycles. The standard InChI is InChI=1S/C10H10N4O4.C3H8N2/c11-13-6-3-7(12-4-5(6)10(17)18)14-8(15)1-2-9(14)16;1-3(2)5-4/h3-4H,1-2,11H2,(H,12,13)(H,17,18);4H2,1-2H3. The topological polar surface area (TPSA) is 164 Å². The van der Waals surface area contributed by atoms with Crippen molar-refractivity contribution in [1.29, 1.82) is 0 Å². The first kappa shape index (κ1) is 18.0. The highest BCUT2D eigenvalue weighted by Gasteiger charge is 2.31. The molecule has 0 spiro atoms. The molecule has 1 aromatic rings. The van der Waals surface area contributed by atoms with Crippen molar-refractivity contribution in [3.05, 3.63) is 17.8 Å². The number of pyridine rings is 1.